The highest BCUT2D eigenvalue weighted by Gasteiger charge is 2.18. The SMILES string of the molecule is CCOC(=O)CCNC(=O)c1ccc2c(c1)nc(-c1ccc(C(=O)OC)cc1C(=N)N)n2C. The molecule has 0 aliphatic heterocycles. The summed E-state index contributed by atoms with van der Waals surface area (Å²) in [6, 6.07) is 9.81. The Morgan fingerprint density at radius 2 is 1.88 bits per heavy atom. The molecule has 0 aliphatic rings. The van der Waals surface area contributed by atoms with Crippen molar-refractivity contribution in [3.8, 4) is 11.4 Å². The Balaban J connectivity index is 1.91. The second kappa shape index (κ2) is 9.94. The predicted molar refractivity (Wildman–Crippen MR) is 122 cm³/mol. The van der Waals surface area contributed by atoms with Gasteiger partial charge in [0, 0.05) is 30.3 Å². The fourth-order valence-corrected chi connectivity index (χ4v) is 3.40. The monoisotopic (exact) mass is 451 g/mol. The lowest BCUT2D eigenvalue weighted by molar-refractivity contribution is -0.142. The third-order valence-electron chi connectivity index (χ3n) is 5.03. The molecule has 0 saturated carbocycles. The van der Waals surface area contributed by atoms with Crippen LogP contribution in [0.1, 0.15) is 39.6 Å². The number of hydrogen-bond donors (Lipinski definition) is 3. The second-order valence-electron chi connectivity index (χ2n) is 7.17. The van der Waals surface area contributed by atoms with E-state index in [2.05, 4.69) is 10.3 Å². The fraction of sp³-hybridized carbons (Fsp3) is 0.261. The third kappa shape index (κ3) is 5.00. The molecule has 10 heteroatoms. The van der Waals surface area contributed by atoms with Crippen LogP contribution in [0.5, 0.6) is 0 Å². The van der Waals surface area contributed by atoms with Crippen molar-refractivity contribution in [3.05, 3.63) is 53.1 Å². The van der Waals surface area contributed by atoms with Gasteiger partial charge in [-0.3, -0.25) is 15.0 Å². The molecule has 0 fully saturated rings. The van der Waals surface area contributed by atoms with Crippen LogP contribution in [-0.2, 0) is 21.3 Å². The molecule has 3 aromatic rings. The molecule has 172 valence electrons. The molecule has 33 heavy (non-hydrogen) atoms. The maximum absolute atomic E-state index is 12.5. The second-order valence-corrected chi connectivity index (χ2v) is 7.17. The van der Waals surface area contributed by atoms with Gasteiger partial charge in [0.1, 0.15) is 11.7 Å². The van der Waals surface area contributed by atoms with Gasteiger partial charge in [-0.15, -0.1) is 0 Å². The molecular weight excluding hydrogens is 426 g/mol. The molecule has 3 rings (SSSR count). The number of amides is 1. The molecule has 10 nitrogen and oxygen atoms in total. The molecule has 1 aromatic heterocycles. The number of nitrogens with two attached hydrogens (primary N) is 1. The molecule has 0 aliphatic carbocycles. The normalized spacial score (nSPS) is 10.6. The number of fused-ring (bicyclic) bond motifs is 1. The number of aromatic nitrogens is 2. The van der Waals surface area contributed by atoms with Crippen molar-refractivity contribution in [2.75, 3.05) is 20.3 Å². The zero-order chi connectivity index (χ0) is 24.1. The highest BCUT2D eigenvalue weighted by molar-refractivity contribution is 6.04. The van der Waals surface area contributed by atoms with Crippen LogP contribution in [0.15, 0.2) is 36.4 Å². The Kier molecular flexibility index (Phi) is 7.07. The minimum atomic E-state index is -0.535. The lowest BCUT2D eigenvalue weighted by atomic mass is 10.0. The number of nitrogen functional groups attached to an aromatic ring is 1. The number of aryl methyl sites for hydroxylation is 1. The van der Waals surface area contributed by atoms with Gasteiger partial charge < -0.3 is 25.1 Å². The van der Waals surface area contributed by atoms with E-state index in [0.29, 0.717) is 34.6 Å². The van der Waals surface area contributed by atoms with Crippen LogP contribution in [-0.4, -0.2) is 53.5 Å². The van der Waals surface area contributed by atoms with E-state index in [1.54, 1.807) is 37.3 Å². The number of esters is 2. The number of rotatable bonds is 8. The van der Waals surface area contributed by atoms with Gasteiger partial charge in [0.25, 0.3) is 5.91 Å². The number of benzene rings is 2. The van der Waals surface area contributed by atoms with Crippen molar-refractivity contribution in [2.24, 2.45) is 12.8 Å². The van der Waals surface area contributed by atoms with Crippen LogP contribution in [0.2, 0.25) is 0 Å². The molecule has 1 heterocycles. The Morgan fingerprint density at radius 3 is 2.55 bits per heavy atom. The fourth-order valence-electron chi connectivity index (χ4n) is 3.40. The summed E-state index contributed by atoms with van der Waals surface area (Å²) in [5, 5.41) is 10.6. The van der Waals surface area contributed by atoms with Gasteiger partial charge in [0.15, 0.2) is 0 Å². The molecule has 0 radical (unpaired) electrons. The average molecular weight is 451 g/mol. The number of carbonyl (C=O) groups is 3. The highest BCUT2D eigenvalue weighted by atomic mass is 16.5. The van der Waals surface area contributed by atoms with Gasteiger partial charge in [-0.25, -0.2) is 9.78 Å². The van der Waals surface area contributed by atoms with Crippen molar-refractivity contribution in [1.82, 2.24) is 14.9 Å². The third-order valence-corrected chi connectivity index (χ3v) is 5.03. The van der Waals surface area contributed by atoms with Crippen molar-refractivity contribution in [3.63, 3.8) is 0 Å². The van der Waals surface area contributed by atoms with E-state index in [0.717, 1.165) is 5.52 Å². The van der Waals surface area contributed by atoms with Crippen LogP contribution in [0, 0.1) is 5.41 Å². The summed E-state index contributed by atoms with van der Waals surface area (Å²) in [5.41, 5.74) is 8.66. The largest absolute Gasteiger partial charge is 0.466 e. The number of nitrogens with zero attached hydrogens (tertiary/aromatic N) is 2. The minimum Gasteiger partial charge on any atom is -0.466 e. The van der Waals surface area contributed by atoms with Gasteiger partial charge in [-0.2, -0.15) is 0 Å². The zero-order valence-corrected chi connectivity index (χ0v) is 18.6. The van der Waals surface area contributed by atoms with E-state index < -0.39 is 5.97 Å². The summed E-state index contributed by atoms with van der Waals surface area (Å²) in [7, 11) is 3.08. The van der Waals surface area contributed by atoms with E-state index >= 15 is 0 Å². The van der Waals surface area contributed by atoms with Crippen molar-refractivity contribution >= 4 is 34.7 Å². The van der Waals surface area contributed by atoms with E-state index in [9.17, 15) is 14.4 Å². The number of imidazole rings is 1. The summed E-state index contributed by atoms with van der Waals surface area (Å²) >= 11 is 0. The molecule has 0 bridgehead atoms. The Hall–Kier alpha value is -4.21. The van der Waals surface area contributed by atoms with E-state index in [4.69, 9.17) is 20.6 Å². The van der Waals surface area contributed by atoms with Gasteiger partial charge in [-0.1, -0.05) is 0 Å². The first-order chi connectivity index (χ1) is 15.8. The number of nitrogens with one attached hydrogen (secondary N) is 2. The molecule has 2 aromatic carbocycles. The lowest BCUT2D eigenvalue weighted by Gasteiger charge is -2.10. The summed E-state index contributed by atoms with van der Waals surface area (Å²) < 4.78 is 11.4. The molecule has 0 spiro atoms. The number of methoxy groups -OCH3 is 1. The number of hydrogen-bond acceptors (Lipinski definition) is 7. The number of carbonyl (C=O) groups excluding carboxylic acids is 3. The van der Waals surface area contributed by atoms with Crippen molar-refractivity contribution < 1.29 is 23.9 Å². The van der Waals surface area contributed by atoms with Gasteiger partial charge in [0.2, 0.25) is 0 Å². The van der Waals surface area contributed by atoms with Crippen molar-refractivity contribution in [1.29, 1.82) is 5.41 Å². The Bertz CT molecular complexity index is 1250. The molecule has 4 N–H and O–H groups in total. The van der Waals surface area contributed by atoms with Gasteiger partial charge in [0.05, 0.1) is 36.7 Å². The topological polar surface area (TPSA) is 149 Å². The smallest absolute Gasteiger partial charge is 0.337 e. The standard InChI is InChI=1S/C23H25N5O5/c1-4-33-19(29)9-10-26-22(30)13-6-8-18-17(12-13)27-21(28(18)2)15-7-5-14(23(31)32-3)11-16(15)20(24)25/h5-8,11-12H,4,9-10H2,1-3H3,(H3,24,25)(H,26,30). The summed E-state index contributed by atoms with van der Waals surface area (Å²) in [6.07, 6.45) is 0.0882. The first-order valence-corrected chi connectivity index (χ1v) is 10.2. The highest BCUT2D eigenvalue weighted by Crippen LogP contribution is 2.28. The Morgan fingerprint density at radius 1 is 1.15 bits per heavy atom. The predicted octanol–water partition coefficient (Wildman–Crippen LogP) is 1.99. The number of amidine groups is 1. The van der Waals surface area contributed by atoms with Crippen LogP contribution in [0.25, 0.3) is 22.4 Å². The summed E-state index contributed by atoms with van der Waals surface area (Å²) in [6.45, 7) is 2.18. The number of ether oxygens (including phenoxy) is 2. The molecule has 0 unspecified atom stereocenters. The maximum atomic E-state index is 12.5. The molecule has 0 saturated heterocycles. The minimum absolute atomic E-state index is 0.0882. The van der Waals surface area contributed by atoms with Crippen molar-refractivity contribution in [2.45, 2.75) is 13.3 Å². The summed E-state index contributed by atoms with van der Waals surface area (Å²) in [5.74, 6) is -0.939. The van der Waals surface area contributed by atoms with Gasteiger partial charge >= 0.3 is 11.9 Å². The van der Waals surface area contributed by atoms with Crippen LogP contribution < -0.4 is 11.1 Å². The molecule has 1 amide bonds. The molecule has 0 atom stereocenters. The average Bonchev–Trinajstić information content (AvgIpc) is 3.13. The van der Waals surface area contributed by atoms with E-state index in [1.807, 2.05) is 11.6 Å². The first kappa shape index (κ1) is 23.5. The lowest BCUT2D eigenvalue weighted by Crippen LogP contribution is -2.26. The molecular formula is C23H25N5O5. The first-order valence-electron chi connectivity index (χ1n) is 10.2. The van der Waals surface area contributed by atoms with Crippen LogP contribution in [0.3, 0.4) is 0 Å². The van der Waals surface area contributed by atoms with Crippen LogP contribution >= 0.6 is 0 Å². The quantitative estimate of drug-likeness (QED) is 0.269. The van der Waals surface area contributed by atoms with Crippen LogP contribution in [0.4, 0.5) is 0 Å². The zero-order valence-electron chi connectivity index (χ0n) is 18.6. The summed E-state index contributed by atoms with van der Waals surface area (Å²) in [4.78, 5) is 40.4. The van der Waals surface area contributed by atoms with E-state index in [1.165, 1.54) is 13.2 Å². The van der Waals surface area contributed by atoms with E-state index in [-0.39, 0.29) is 36.2 Å². The maximum Gasteiger partial charge on any atom is 0.337 e. The Labute approximate surface area is 190 Å². The van der Waals surface area contributed by atoms with Gasteiger partial charge in [-0.05, 0) is 43.3 Å².